The molecule has 0 unspecified atom stereocenters. The number of nitrogens with two attached hydrogens (primary N) is 1. The second-order valence-electron chi connectivity index (χ2n) is 10.9. The number of hydrogen-bond acceptors (Lipinski definition) is 4. The van der Waals surface area contributed by atoms with Gasteiger partial charge in [0, 0.05) is 30.7 Å². The van der Waals surface area contributed by atoms with Gasteiger partial charge in [-0.3, -0.25) is 9.59 Å². The van der Waals surface area contributed by atoms with Crippen LogP contribution in [0.2, 0.25) is 0 Å². The third-order valence-corrected chi connectivity index (χ3v) is 7.88. The number of carbonyl (C=O) groups excluding carboxylic acids is 2. The smallest absolute Gasteiger partial charge is 0.366 e. The molecule has 2 heterocycles. The summed E-state index contributed by atoms with van der Waals surface area (Å²) in [6.07, 6.45) is -1.41. The second-order valence-corrected chi connectivity index (χ2v) is 10.9. The summed E-state index contributed by atoms with van der Waals surface area (Å²) in [6.45, 7) is 0. The molecule has 3 N–H and O–H groups in total. The summed E-state index contributed by atoms with van der Waals surface area (Å²) >= 11 is 0. The average molecular weight is 564 g/mol. The van der Waals surface area contributed by atoms with Gasteiger partial charge in [-0.15, -0.1) is 0 Å². The number of primary amides is 1. The van der Waals surface area contributed by atoms with Crippen LogP contribution in [0.15, 0.2) is 42.7 Å². The maximum atomic E-state index is 14.0. The molecule has 2 atom stereocenters. The summed E-state index contributed by atoms with van der Waals surface area (Å²) in [7, 11) is 0. The fourth-order valence-corrected chi connectivity index (χ4v) is 5.68. The highest BCUT2D eigenvalue weighted by Gasteiger charge is 2.40. The molecule has 2 fully saturated rings. The van der Waals surface area contributed by atoms with Crippen LogP contribution in [0.25, 0.3) is 5.65 Å². The molecule has 1 aromatic carbocycles. The Morgan fingerprint density at radius 3 is 2.45 bits per heavy atom. The van der Waals surface area contributed by atoms with Gasteiger partial charge < -0.3 is 11.1 Å². The van der Waals surface area contributed by atoms with Crippen LogP contribution in [0.4, 0.5) is 22.0 Å². The summed E-state index contributed by atoms with van der Waals surface area (Å²) in [5.41, 5.74) is 8.17. The van der Waals surface area contributed by atoms with E-state index in [1.54, 1.807) is 42.7 Å². The standard InChI is InChI=1S/C28H30F5N5O2/c29-27(30)10-7-16(8-11-27)24(19-3-1-2-4-20(19)26(34)40)21-15-38-22(36-21)13-18(14-35-38)25(17-5-6-17)37-23(39)9-12-28(31,32)33/h1-4,13-17,24-25H,5-12H2,(H2,34,40)(H,37,39)/t24-,25+/m0/s1. The largest absolute Gasteiger partial charge is 0.389 e. The Bertz CT molecular complexity index is 1390. The molecule has 2 amide bonds. The van der Waals surface area contributed by atoms with Crippen LogP contribution >= 0.6 is 0 Å². The van der Waals surface area contributed by atoms with E-state index in [0.29, 0.717) is 28.0 Å². The number of nitrogens with zero attached hydrogens (tertiary/aromatic N) is 3. The van der Waals surface area contributed by atoms with Crippen molar-refractivity contribution in [2.45, 2.75) is 75.4 Å². The molecule has 2 aliphatic rings. The van der Waals surface area contributed by atoms with Crippen molar-refractivity contribution < 1.29 is 31.5 Å². The lowest BCUT2D eigenvalue weighted by atomic mass is 9.73. The van der Waals surface area contributed by atoms with Crippen molar-refractivity contribution in [2.75, 3.05) is 0 Å². The molecule has 214 valence electrons. The van der Waals surface area contributed by atoms with E-state index in [-0.39, 0.29) is 37.5 Å². The molecule has 3 aromatic rings. The van der Waals surface area contributed by atoms with Crippen molar-refractivity contribution in [3.05, 3.63) is 65.1 Å². The van der Waals surface area contributed by atoms with E-state index < -0.39 is 48.7 Å². The summed E-state index contributed by atoms with van der Waals surface area (Å²) in [6, 6.07) is 8.06. The molecule has 0 spiro atoms. The van der Waals surface area contributed by atoms with E-state index in [4.69, 9.17) is 10.7 Å². The molecule has 0 bridgehead atoms. The lowest BCUT2D eigenvalue weighted by Gasteiger charge is -2.34. The van der Waals surface area contributed by atoms with Gasteiger partial charge in [0.15, 0.2) is 5.65 Å². The number of imidazole rings is 1. The number of hydrogen-bond donors (Lipinski definition) is 2. The molecule has 2 saturated carbocycles. The molecule has 2 aromatic heterocycles. The number of carbonyl (C=O) groups is 2. The third-order valence-electron chi connectivity index (χ3n) is 7.88. The van der Waals surface area contributed by atoms with Gasteiger partial charge in [0.25, 0.3) is 0 Å². The number of amides is 2. The van der Waals surface area contributed by atoms with Gasteiger partial charge in [-0.25, -0.2) is 18.3 Å². The first-order valence-electron chi connectivity index (χ1n) is 13.4. The molecular weight excluding hydrogens is 533 g/mol. The van der Waals surface area contributed by atoms with Gasteiger partial charge in [0.1, 0.15) is 0 Å². The van der Waals surface area contributed by atoms with Crippen LogP contribution in [0.1, 0.15) is 90.5 Å². The molecule has 0 saturated heterocycles. The number of aromatic nitrogens is 3. The predicted molar refractivity (Wildman–Crippen MR) is 136 cm³/mol. The molecule has 40 heavy (non-hydrogen) atoms. The lowest BCUT2D eigenvalue weighted by molar-refractivity contribution is -0.144. The Balaban J connectivity index is 1.47. The summed E-state index contributed by atoms with van der Waals surface area (Å²) < 4.78 is 67.3. The topological polar surface area (TPSA) is 102 Å². The second kappa shape index (κ2) is 10.8. The number of alkyl halides is 5. The normalized spacial score (nSPS) is 19.3. The Morgan fingerprint density at radius 2 is 1.80 bits per heavy atom. The maximum Gasteiger partial charge on any atom is 0.389 e. The van der Waals surface area contributed by atoms with Crippen LogP contribution in [0, 0.1) is 11.8 Å². The van der Waals surface area contributed by atoms with E-state index >= 15 is 0 Å². The first-order chi connectivity index (χ1) is 18.9. The zero-order valence-corrected chi connectivity index (χ0v) is 21.6. The van der Waals surface area contributed by atoms with Crippen molar-refractivity contribution in [3.8, 4) is 0 Å². The van der Waals surface area contributed by atoms with E-state index in [1.807, 2.05) is 0 Å². The van der Waals surface area contributed by atoms with Crippen LogP contribution in [-0.2, 0) is 4.79 Å². The summed E-state index contributed by atoms with van der Waals surface area (Å²) in [4.78, 5) is 29.3. The first-order valence-corrected chi connectivity index (χ1v) is 13.4. The highest BCUT2D eigenvalue weighted by molar-refractivity contribution is 5.94. The van der Waals surface area contributed by atoms with Gasteiger partial charge >= 0.3 is 6.18 Å². The first kappa shape index (κ1) is 28.0. The average Bonchev–Trinajstić information content (AvgIpc) is 3.65. The molecular formula is C28H30F5N5O2. The minimum Gasteiger partial charge on any atom is -0.366 e. The van der Waals surface area contributed by atoms with Crippen LogP contribution in [-0.4, -0.2) is 38.5 Å². The van der Waals surface area contributed by atoms with Crippen molar-refractivity contribution in [1.29, 1.82) is 0 Å². The van der Waals surface area contributed by atoms with Crippen LogP contribution < -0.4 is 11.1 Å². The molecule has 0 aliphatic heterocycles. The van der Waals surface area contributed by atoms with Gasteiger partial charge in [0.05, 0.1) is 30.6 Å². The molecule has 5 rings (SSSR count). The highest BCUT2D eigenvalue weighted by atomic mass is 19.4. The fourth-order valence-electron chi connectivity index (χ4n) is 5.68. The Morgan fingerprint density at radius 1 is 1.10 bits per heavy atom. The number of halogens is 5. The zero-order valence-electron chi connectivity index (χ0n) is 21.6. The molecule has 12 heteroatoms. The van der Waals surface area contributed by atoms with Crippen LogP contribution in [0.3, 0.4) is 0 Å². The molecule has 2 aliphatic carbocycles. The van der Waals surface area contributed by atoms with E-state index in [2.05, 4.69) is 10.4 Å². The summed E-state index contributed by atoms with van der Waals surface area (Å²) in [5.74, 6) is -4.65. The van der Waals surface area contributed by atoms with E-state index in [9.17, 15) is 31.5 Å². The minimum atomic E-state index is -4.42. The van der Waals surface area contributed by atoms with Gasteiger partial charge in [-0.05, 0) is 60.8 Å². The molecule has 7 nitrogen and oxygen atoms in total. The Labute approximate surface area is 227 Å². The number of rotatable bonds is 9. The maximum absolute atomic E-state index is 14.0. The van der Waals surface area contributed by atoms with Crippen molar-refractivity contribution in [3.63, 3.8) is 0 Å². The van der Waals surface area contributed by atoms with Crippen LogP contribution in [0.5, 0.6) is 0 Å². The Hall–Kier alpha value is -3.57. The third kappa shape index (κ3) is 6.42. The monoisotopic (exact) mass is 563 g/mol. The van der Waals surface area contributed by atoms with Crippen molar-refractivity contribution >= 4 is 17.5 Å². The number of benzene rings is 1. The fraction of sp³-hybridized carbons (Fsp3) is 0.500. The van der Waals surface area contributed by atoms with Gasteiger partial charge in [-0.2, -0.15) is 18.3 Å². The zero-order chi connectivity index (χ0) is 28.7. The SMILES string of the molecule is NC(=O)c1ccccc1[C@@H](c1cn2ncc([C@H](NC(=O)CCC(F)(F)F)C3CC3)cc2n1)C1CCC(F)(F)CC1. The van der Waals surface area contributed by atoms with Gasteiger partial charge in [-0.1, -0.05) is 18.2 Å². The Kier molecular flexibility index (Phi) is 7.54. The number of fused-ring (bicyclic) bond motifs is 1. The quantitative estimate of drug-likeness (QED) is 0.326. The minimum absolute atomic E-state index is 0.0904. The van der Waals surface area contributed by atoms with Crippen molar-refractivity contribution in [1.82, 2.24) is 19.9 Å². The molecule has 0 radical (unpaired) electrons. The van der Waals surface area contributed by atoms with E-state index in [0.717, 1.165) is 12.8 Å². The lowest BCUT2D eigenvalue weighted by Crippen LogP contribution is -2.30. The van der Waals surface area contributed by atoms with Crippen molar-refractivity contribution in [2.24, 2.45) is 17.6 Å². The summed E-state index contributed by atoms with van der Waals surface area (Å²) in [5, 5.41) is 7.17. The highest BCUT2D eigenvalue weighted by Crippen LogP contribution is 2.46. The van der Waals surface area contributed by atoms with E-state index in [1.165, 1.54) is 4.52 Å². The predicted octanol–water partition coefficient (Wildman–Crippen LogP) is 5.70. The number of nitrogens with one attached hydrogen (secondary N) is 1. The van der Waals surface area contributed by atoms with Gasteiger partial charge in [0.2, 0.25) is 17.7 Å².